The van der Waals surface area contributed by atoms with E-state index in [2.05, 4.69) is 6.92 Å². The predicted molar refractivity (Wildman–Crippen MR) is 110 cm³/mol. The van der Waals surface area contributed by atoms with Gasteiger partial charge in [-0.3, -0.25) is 4.79 Å². The quantitative estimate of drug-likeness (QED) is 0.393. The predicted octanol–water partition coefficient (Wildman–Crippen LogP) is 6.48. The van der Waals surface area contributed by atoms with Crippen LogP contribution in [0, 0.1) is 13.8 Å². The Kier molecular flexibility index (Phi) is 4.47. The molecule has 0 N–H and O–H groups in total. The Morgan fingerprint density at radius 3 is 1.81 bits per heavy atom. The molecule has 0 aliphatic rings. The molecule has 132 valence electrons. The first-order chi connectivity index (χ1) is 13.1. The van der Waals surface area contributed by atoms with E-state index in [0.29, 0.717) is 11.1 Å². The number of carbonyl (C=O) groups excluding carboxylic acids is 1. The second-order valence-corrected chi connectivity index (χ2v) is 6.83. The minimum absolute atomic E-state index is 0.0388. The normalized spacial score (nSPS) is 10.7. The monoisotopic (exact) mass is 352 g/mol. The Morgan fingerprint density at radius 2 is 1.11 bits per heavy atom. The second kappa shape index (κ2) is 7.08. The highest BCUT2D eigenvalue weighted by Gasteiger charge is 2.10. The lowest BCUT2D eigenvalue weighted by Gasteiger charge is -2.08. The fourth-order valence-corrected chi connectivity index (χ4v) is 3.04. The van der Waals surface area contributed by atoms with Gasteiger partial charge < -0.3 is 4.74 Å². The third-order valence-electron chi connectivity index (χ3n) is 4.64. The molecule has 0 spiro atoms. The summed E-state index contributed by atoms with van der Waals surface area (Å²) in [6, 6.07) is 27.4. The molecular weight excluding hydrogens is 332 g/mol. The van der Waals surface area contributed by atoms with Crippen LogP contribution in [0.3, 0.4) is 0 Å². The molecule has 4 aromatic rings. The lowest BCUT2D eigenvalue weighted by atomic mass is 9.99. The highest BCUT2D eigenvalue weighted by molar-refractivity contribution is 6.10. The smallest absolute Gasteiger partial charge is 0.193 e. The molecule has 0 amide bonds. The molecule has 4 rings (SSSR count). The number of fused-ring (bicyclic) bond motifs is 1. The molecule has 0 heterocycles. The van der Waals surface area contributed by atoms with Crippen LogP contribution in [-0.2, 0) is 0 Å². The fraction of sp³-hybridized carbons (Fsp3) is 0.0800. The van der Waals surface area contributed by atoms with Crippen LogP contribution in [0.25, 0.3) is 10.8 Å². The Hall–Kier alpha value is -3.39. The molecule has 0 aliphatic carbocycles. The fourth-order valence-electron chi connectivity index (χ4n) is 3.04. The van der Waals surface area contributed by atoms with Crippen molar-refractivity contribution in [3.05, 3.63) is 107 Å². The van der Waals surface area contributed by atoms with Crippen LogP contribution in [0.4, 0.5) is 0 Å². The molecule has 0 saturated heterocycles. The van der Waals surface area contributed by atoms with Crippen molar-refractivity contribution in [2.75, 3.05) is 0 Å². The average Bonchev–Trinajstić information content (AvgIpc) is 2.69. The minimum Gasteiger partial charge on any atom is -0.457 e. The lowest BCUT2D eigenvalue weighted by molar-refractivity contribution is 0.103. The van der Waals surface area contributed by atoms with Gasteiger partial charge in [0.05, 0.1) is 0 Å². The molecule has 0 atom stereocenters. The summed E-state index contributed by atoms with van der Waals surface area (Å²) in [5.74, 6) is 1.63. The van der Waals surface area contributed by atoms with Crippen molar-refractivity contribution in [3.8, 4) is 11.5 Å². The van der Waals surface area contributed by atoms with Crippen LogP contribution in [0.2, 0.25) is 0 Å². The van der Waals surface area contributed by atoms with E-state index >= 15 is 0 Å². The Morgan fingerprint density at radius 1 is 0.593 bits per heavy atom. The maximum Gasteiger partial charge on any atom is 0.193 e. The maximum absolute atomic E-state index is 12.7. The summed E-state index contributed by atoms with van der Waals surface area (Å²) in [5, 5.41) is 2.06. The molecule has 27 heavy (non-hydrogen) atoms. The van der Waals surface area contributed by atoms with Gasteiger partial charge in [-0.15, -0.1) is 0 Å². The van der Waals surface area contributed by atoms with Crippen molar-refractivity contribution in [1.82, 2.24) is 0 Å². The number of ketones is 1. The summed E-state index contributed by atoms with van der Waals surface area (Å²) >= 11 is 0. The Balaban J connectivity index is 1.60. The van der Waals surface area contributed by atoms with Crippen LogP contribution in [0.1, 0.15) is 27.0 Å². The van der Waals surface area contributed by atoms with Gasteiger partial charge in [-0.05, 0) is 55.0 Å². The number of hydrogen-bond donors (Lipinski definition) is 0. The molecule has 0 radical (unpaired) electrons. The van der Waals surface area contributed by atoms with Gasteiger partial charge in [0, 0.05) is 11.1 Å². The van der Waals surface area contributed by atoms with Crippen molar-refractivity contribution < 1.29 is 9.53 Å². The molecule has 0 aromatic heterocycles. The number of aryl methyl sites for hydroxylation is 2. The zero-order chi connectivity index (χ0) is 18.8. The first-order valence-corrected chi connectivity index (χ1v) is 8.98. The SMILES string of the molecule is Cc1ccc(Oc2ccc3cc(C(=O)c4ccc(C)cc4)ccc3c2)cc1. The molecule has 2 nitrogen and oxygen atoms in total. The van der Waals surface area contributed by atoms with Crippen LogP contribution >= 0.6 is 0 Å². The summed E-state index contributed by atoms with van der Waals surface area (Å²) in [6.45, 7) is 4.07. The van der Waals surface area contributed by atoms with E-state index in [4.69, 9.17) is 4.74 Å². The van der Waals surface area contributed by atoms with Crippen molar-refractivity contribution in [2.45, 2.75) is 13.8 Å². The van der Waals surface area contributed by atoms with E-state index in [0.717, 1.165) is 27.8 Å². The zero-order valence-corrected chi connectivity index (χ0v) is 15.4. The molecule has 0 aliphatic heterocycles. The first kappa shape index (κ1) is 17.0. The third-order valence-corrected chi connectivity index (χ3v) is 4.64. The topological polar surface area (TPSA) is 26.3 Å². The number of hydrogen-bond acceptors (Lipinski definition) is 2. The van der Waals surface area contributed by atoms with E-state index < -0.39 is 0 Å². The summed E-state index contributed by atoms with van der Waals surface area (Å²) in [6.07, 6.45) is 0. The molecule has 0 bridgehead atoms. The van der Waals surface area contributed by atoms with Crippen molar-refractivity contribution in [1.29, 1.82) is 0 Å². The van der Waals surface area contributed by atoms with E-state index in [9.17, 15) is 4.79 Å². The Labute approximate surface area is 159 Å². The highest BCUT2D eigenvalue weighted by Crippen LogP contribution is 2.27. The van der Waals surface area contributed by atoms with Gasteiger partial charge in [-0.25, -0.2) is 0 Å². The number of benzene rings is 4. The molecular formula is C25H20O2. The van der Waals surface area contributed by atoms with Crippen molar-refractivity contribution >= 4 is 16.6 Å². The van der Waals surface area contributed by atoms with Gasteiger partial charge in [0.25, 0.3) is 0 Å². The average molecular weight is 352 g/mol. The van der Waals surface area contributed by atoms with E-state index in [1.54, 1.807) is 0 Å². The lowest BCUT2D eigenvalue weighted by Crippen LogP contribution is -2.01. The Bertz CT molecular complexity index is 1110. The van der Waals surface area contributed by atoms with Gasteiger partial charge >= 0.3 is 0 Å². The summed E-state index contributed by atoms with van der Waals surface area (Å²) in [7, 11) is 0. The minimum atomic E-state index is 0.0388. The largest absolute Gasteiger partial charge is 0.457 e. The zero-order valence-electron chi connectivity index (χ0n) is 15.4. The van der Waals surface area contributed by atoms with Crippen molar-refractivity contribution in [3.63, 3.8) is 0 Å². The van der Waals surface area contributed by atoms with Gasteiger partial charge in [0.1, 0.15) is 11.5 Å². The van der Waals surface area contributed by atoms with Crippen LogP contribution in [0.5, 0.6) is 11.5 Å². The second-order valence-electron chi connectivity index (χ2n) is 6.83. The van der Waals surface area contributed by atoms with Gasteiger partial charge in [-0.1, -0.05) is 65.7 Å². The molecule has 0 unspecified atom stereocenters. The number of ether oxygens (including phenoxy) is 1. The van der Waals surface area contributed by atoms with Crippen LogP contribution in [-0.4, -0.2) is 5.78 Å². The van der Waals surface area contributed by atoms with E-state index in [1.165, 1.54) is 5.56 Å². The first-order valence-electron chi connectivity index (χ1n) is 8.98. The van der Waals surface area contributed by atoms with Crippen LogP contribution in [0.15, 0.2) is 84.9 Å². The van der Waals surface area contributed by atoms with Gasteiger partial charge in [0.15, 0.2) is 5.78 Å². The molecule has 0 saturated carbocycles. The highest BCUT2D eigenvalue weighted by atomic mass is 16.5. The van der Waals surface area contributed by atoms with Crippen molar-refractivity contribution in [2.24, 2.45) is 0 Å². The van der Waals surface area contributed by atoms with E-state index in [1.807, 2.05) is 91.9 Å². The van der Waals surface area contributed by atoms with Gasteiger partial charge in [0.2, 0.25) is 0 Å². The van der Waals surface area contributed by atoms with E-state index in [-0.39, 0.29) is 5.78 Å². The number of carbonyl (C=O) groups is 1. The summed E-state index contributed by atoms with van der Waals surface area (Å²) < 4.78 is 5.93. The third kappa shape index (κ3) is 3.75. The molecule has 0 fully saturated rings. The number of rotatable bonds is 4. The summed E-state index contributed by atoms with van der Waals surface area (Å²) in [5.41, 5.74) is 3.75. The maximum atomic E-state index is 12.7. The van der Waals surface area contributed by atoms with Crippen LogP contribution < -0.4 is 4.74 Å². The molecule has 4 aromatic carbocycles. The molecule has 2 heteroatoms. The summed E-state index contributed by atoms with van der Waals surface area (Å²) in [4.78, 5) is 12.7. The standard InChI is InChI=1S/C25H20O2/c1-17-3-7-19(8-4-17)25(26)22-10-9-21-16-24(14-11-20(21)15-22)27-23-12-5-18(2)6-13-23/h3-16H,1-2H3. The van der Waals surface area contributed by atoms with Gasteiger partial charge in [-0.2, -0.15) is 0 Å².